The van der Waals surface area contributed by atoms with Gasteiger partial charge in [-0.25, -0.2) is 0 Å². The molecule has 5 heteroatoms. The number of benzene rings is 1. The van der Waals surface area contributed by atoms with Gasteiger partial charge < -0.3 is 19.5 Å². The molecule has 120 valence electrons. The zero-order chi connectivity index (χ0) is 15.3. The number of rotatable bonds is 12. The molecule has 4 nitrogen and oxygen atoms in total. The zero-order valence-corrected chi connectivity index (χ0v) is 14.1. The number of nitrogens with one attached hydrogen (secondary N) is 1. The van der Waals surface area contributed by atoms with Crippen LogP contribution in [0.15, 0.2) is 18.2 Å². The van der Waals surface area contributed by atoms with Gasteiger partial charge in [0.25, 0.3) is 0 Å². The summed E-state index contributed by atoms with van der Waals surface area (Å²) in [4.78, 5) is 0. The van der Waals surface area contributed by atoms with Gasteiger partial charge in [0.2, 0.25) is 0 Å². The molecular formula is C16H27NO3S. The van der Waals surface area contributed by atoms with E-state index < -0.39 is 0 Å². The number of hydrogen-bond acceptors (Lipinski definition) is 5. The van der Waals surface area contributed by atoms with Gasteiger partial charge in [-0.15, -0.1) is 0 Å². The van der Waals surface area contributed by atoms with Crippen molar-refractivity contribution in [2.24, 2.45) is 0 Å². The van der Waals surface area contributed by atoms with Crippen molar-refractivity contribution in [3.8, 4) is 11.5 Å². The van der Waals surface area contributed by atoms with Crippen molar-refractivity contribution >= 4 is 11.8 Å². The molecule has 1 aromatic carbocycles. The molecule has 0 aliphatic carbocycles. The van der Waals surface area contributed by atoms with Gasteiger partial charge >= 0.3 is 0 Å². The summed E-state index contributed by atoms with van der Waals surface area (Å²) in [5.74, 6) is 3.94. The lowest BCUT2D eigenvalue weighted by atomic mass is 10.2. The van der Waals surface area contributed by atoms with E-state index >= 15 is 0 Å². The van der Waals surface area contributed by atoms with Gasteiger partial charge in [0.15, 0.2) is 11.5 Å². The van der Waals surface area contributed by atoms with Crippen molar-refractivity contribution < 1.29 is 14.2 Å². The van der Waals surface area contributed by atoms with Gasteiger partial charge in [0.1, 0.15) is 0 Å². The molecule has 0 heterocycles. The fourth-order valence-corrected chi connectivity index (χ4v) is 2.51. The molecule has 0 fully saturated rings. The highest BCUT2D eigenvalue weighted by atomic mass is 32.2. The largest absolute Gasteiger partial charge is 0.493 e. The van der Waals surface area contributed by atoms with Crippen LogP contribution < -0.4 is 14.8 Å². The lowest BCUT2D eigenvalue weighted by molar-refractivity contribution is 0.199. The molecule has 1 N–H and O–H groups in total. The fraction of sp³-hybridized carbons (Fsp3) is 0.625. The number of ether oxygens (including phenoxy) is 3. The van der Waals surface area contributed by atoms with Gasteiger partial charge in [0.05, 0.1) is 20.3 Å². The number of methoxy groups -OCH3 is 2. The summed E-state index contributed by atoms with van der Waals surface area (Å²) in [6.45, 7) is 5.17. The molecule has 0 saturated carbocycles. The minimum Gasteiger partial charge on any atom is -0.493 e. The van der Waals surface area contributed by atoms with Crippen LogP contribution in [0.3, 0.4) is 0 Å². The Balaban J connectivity index is 2.55. The lowest BCUT2D eigenvalue weighted by Gasteiger charge is -2.15. The molecule has 0 aliphatic rings. The molecule has 21 heavy (non-hydrogen) atoms. The number of para-hydroxylation sites is 1. The van der Waals surface area contributed by atoms with E-state index in [2.05, 4.69) is 18.3 Å². The first-order valence-electron chi connectivity index (χ1n) is 7.39. The second-order valence-corrected chi connectivity index (χ2v) is 5.91. The van der Waals surface area contributed by atoms with Crippen LogP contribution in [0.5, 0.6) is 11.5 Å². The van der Waals surface area contributed by atoms with Crippen molar-refractivity contribution in [1.82, 2.24) is 5.32 Å². The summed E-state index contributed by atoms with van der Waals surface area (Å²) in [5, 5.41) is 3.34. The Bertz CT molecular complexity index is 388. The standard InChI is InChI=1S/C16H27NO3S/c1-4-21-12-6-10-20-16-14(13-17-9-11-18-2)7-5-8-15(16)19-3/h5,7-8,17H,4,6,9-13H2,1-3H3. The van der Waals surface area contributed by atoms with Crippen LogP contribution in [0.25, 0.3) is 0 Å². The average molecular weight is 313 g/mol. The highest BCUT2D eigenvalue weighted by Crippen LogP contribution is 2.31. The Labute approximate surface area is 132 Å². The van der Waals surface area contributed by atoms with Gasteiger partial charge in [-0.2, -0.15) is 11.8 Å². The Morgan fingerprint density at radius 2 is 2.05 bits per heavy atom. The zero-order valence-electron chi connectivity index (χ0n) is 13.3. The third kappa shape index (κ3) is 7.07. The van der Waals surface area contributed by atoms with Crippen LogP contribution in [0.1, 0.15) is 18.9 Å². The Morgan fingerprint density at radius 3 is 2.76 bits per heavy atom. The van der Waals surface area contributed by atoms with E-state index in [1.54, 1.807) is 14.2 Å². The fourth-order valence-electron chi connectivity index (χ4n) is 1.90. The van der Waals surface area contributed by atoms with Crippen molar-refractivity contribution in [2.75, 3.05) is 45.5 Å². The third-order valence-electron chi connectivity index (χ3n) is 2.96. The second kappa shape index (κ2) is 11.7. The monoisotopic (exact) mass is 313 g/mol. The first-order chi connectivity index (χ1) is 10.3. The predicted molar refractivity (Wildman–Crippen MR) is 89.7 cm³/mol. The molecule has 0 aliphatic heterocycles. The molecule has 0 spiro atoms. The third-order valence-corrected chi connectivity index (χ3v) is 3.95. The van der Waals surface area contributed by atoms with Crippen molar-refractivity contribution in [3.63, 3.8) is 0 Å². The Hall–Kier alpha value is -0.910. The maximum atomic E-state index is 5.95. The molecule has 0 saturated heterocycles. The van der Waals surface area contributed by atoms with E-state index in [0.29, 0.717) is 6.61 Å². The van der Waals surface area contributed by atoms with Crippen LogP contribution in [0.4, 0.5) is 0 Å². The Kier molecular flexibility index (Phi) is 10.1. The van der Waals surface area contributed by atoms with E-state index in [4.69, 9.17) is 14.2 Å². The summed E-state index contributed by atoms with van der Waals surface area (Å²) in [6, 6.07) is 6.00. The van der Waals surface area contributed by atoms with Crippen molar-refractivity contribution in [1.29, 1.82) is 0 Å². The summed E-state index contributed by atoms with van der Waals surface area (Å²) in [5.41, 5.74) is 1.12. The van der Waals surface area contributed by atoms with Gasteiger partial charge in [-0.3, -0.25) is 0 Å². The predicted octanol–water partition coefficient (Wildman–Crippen LogP) is 2.95. The molecule has 0 aromatic heterocycles. The van der Waals surface area contributed by atoms with E-state index in [9.17, 15) is 0 Å². The summed E-state index contributed by atoms with van der Waals surface area (Å²) in [7, 11) is 3.38. The van der Waals surface area contributed by atoms with Crippen LogP contribution in [-0.4, -0.2) is 45.5 Å². The minimum absolute atomic E-state index is 0.703. The van der Waals surface area contributed by atoms with Crippen molar-refractivity contribution in [2.45, 2.75) is 19.9 Å². The second-order valence-electron chi connectivity index (χ2n) is 4.52. The highest BCUT2D eigenvalue weighted by molar-refractivity contribution is 7.99. The molecule has 0 unspecified atom stereocenters. The van der Waals surface area contributed by atoms with Crippen LogP contribution >= 0.6 is 11.8 Å². The van der Waals surface area contributed by atoms with Gasteiger partial charge in [-0.1, -0.05) is 19.1 Å². The van der Waals surface area contributed by atoms with E-state index in [1.807, 2.05) is 23.9 Å². The normalized spacial score (nSPS) is 10.6. The molecule has 0 amide bonds. The van der Waals surface area contributed by atoms with Gasteiger partial charge in [-0.05, 0) is 24.0 Å². The maximum absolute atomic E-state index is 5.95. The Morgan fingerprint density at radius 1 is 1.19 bits per heavy atom. The average Bonchev–Trinajstić information content (AvgIpc) is 2.52. The van der Waals surface area contributed by atoms with E-state index in [0.717, 1.165) is 54.7 Å². The van der Waals surface area contributed by atoms with Crippen LogP contribution in [-0.2, 0) is 11.3 Å². The first kappa shape index (κ1) is 18.1. The first-order valence-corrected chi connectivity index (χ1v) is 8.55. The maximum Gasteiger partial charge on any atom is 0.165 e. The van der Waals surface area contributed by atoms with E-state index in [1.165, 1.54) is 0 Å². The molecular weight excluding hydrogens is 286 g/mol. The molecule has 0 atom stereocenters. The van der Waals surface area contributed by atoms with E-state index in [-0.39, 0.29) is 0 Å². The minimum atomic E-state index is 0.703. The molecule has 0 bridgehead atoms. The van der Waals surface area contributed by atoms with Crippen molar-refractivity contribution in [3.05, 3.63) is 23.8 Å². The number of hydrogen-bond donors (Lipinski definition) is 1. The summed E-state index contributed by atoms with van der Waals surface area (Å²) < 4.78 is 16.4. The van der Waals surface area contributed by atoms with Gasteiger partial charge in [0, 0.05) is 25.8 Å². The SMILES string of the molecule is CCSCCCOc1c(CNCCOC)cccc1OC. The smallest absolute Gasteiger partial charge is 0.165 e. The summed E-state index contributed by atoms with van der Waals surface area (Å²) >= 11 is 1.94. The topological polar surface area (TPSA) is 39.7 Å². The lowest BCUT2D eigenvalue weighted by Crippen LogP contribution is -2.19. The van der Waals surface area contributed by atoms with Crippen LogP contribution in [0, 0.1) is 0 Å². The highest BCUT2D eigenvalue weighted by Gasteiger charge is 2.10. The van der Waals surface area contributed by atoms with Crippen LogP contribution in [0.2, 0.25) is 0 Å². The molecule has 1 rings (SSSR count). The quantitative estimate of drug-likeness (QED) is 0.601. The molecule has 0 radical (unpaired) electrons. The number of thioether (sulfide) groups is 1. The molecule has 1 aromatic rings. The summed E-state index contributed by atoms with van der Waals surface area (Å²) in [6.07, 6.45) is 1.05.